The predicted octanol–water partition coefficient (Wildman–Crippen LogP) is 1.88. The van der Waals surface area contributed by atoms with Gasteiger partial charge in [0.25, 0.3) is 0 Å². The molecule has 1 fully saturated rings. The first-order chi connectivity index (χ1) is 8.89. The van der Waals surface area contributed by atoms with Gasteiger partial charge in [-0.3, -0.25) is 4.79 Å². The summed E-state index contributed by atoms with van der Waals surface area (Å²) in [7, 11) is 0. The van der Waals surface area contributed by atoms with E-state index in [2.05, 4.69) is 0 Å². The fourth-order valence-electron chi connectivity index (χ4n) is 2.20. The molecule has 104 valence electrons. The van der Waals surface area contributed by atoms with Gasteiger partial charge in [0, 0.05) is 18.7 Å². The Morgan fingerprint density at radius 3 is 2.63 bits per heavy atom. The van der Waals surface area contributed by atoms with E-state index in [1.165, 1.54) is 12.1 Å². The average molecular weight is 269 g/mol. The molecule has 2 rings (SSSR count). The monoisotopic (exact) mass is 269 g/mol. The number of aliphatic hydroxyl groups is 1. The van der Waals surface area contributed by atoms with Crippen molar-refractivity contribution in [2.24, 2.45) is 0 Å². The molecule has 1 aromatic carbocycles. The van der Waals surface area contributed by atoms with E-state index < -0.39 is 17.2 Å². The molecule has 19 heavy (non-hydrogen) atoms. The van der Waals surface area contributed by atoms with Gasteiger partial charge in [-0.1, -0.05) is 12.1 Å². The van der Waals surface area contributed by atoms with Crippen LogP contribution in [-0.4, -0.2) is 34.6 Å². The molecule has 1 saturated heterocycles. The first kappa shape index (κ1) is 13.9. The molecule has 1 heterocycles. The van der Waals surface area contributed by atoms with Gasteiger partial charge in [0.1, 0.15) is 0 Å². The van der Waals surface area contributed by atoms with E-state index in [0.717, 1.165) is 6.07 Å². The molecule has 0 bridgehead atoms. The number of benzene rings is 1. The van der Waals surface area contributed by atoms with E-state index in [1.54, 1.807) is 11.8 Å². The second kappa shape index (κ2) is 5.25. The van der Waals surface area contributed by atoms with E-state index in [-0.39, 0.29) is 17.9 Å². The molecule has 0 spiro atoms. The van der Waals surface area contributed by atoms with Crippen molar-refractivity contribution in [3.63, 3.8) is 0 Å². The number of carbonyl (C=O) groups is 1. The molecule has 1 aliphatic rings. The van der Waals surface area contributed by atoms with Crippen molar-refractivity contribution in [2.75, 3.05) is 13.1 Å². The first-order valence-electron chi connectivity index (χ1n) is 6.32. The highest BCUT2D eigenvalue weighted by Gasteiger charge is 2.29. The molecule has 3 nitrogen and oxygen atoms in total. The summed E-state index contributed by atoms with van der Waals surface area (Å²) in [5.41, 5.74) is -0.664. The quantitative estimate of drug-likeness (QED) is 0.890. The molecule has 5 heteroatoms. The first-order valence-corrected chi connectivity index (χ1v) is 6.32. The Bertz CT molecular complexity index is 478. The summed E-state index contributed by atoms with van der Waals surface area (Å²) in [4.78, 5) is 13.6. The fraction of sp³-hybridized carbons (Fsp3) is 0.500. The molecule has 1 aromatic rings. The topological polar surface area (TPSA) is 40.5 Å². The number of rotatable bonds is 2. The second-order valence-corrected chi connectivity index (χ2v) is 5.27. The summed E-state index contributed by atoms with van der Waals surface area (Å²) in [6.45, 7) is 2.63. The number of piperidine rings is 1. The Kier molecular flexibility index (Phi) is 3.85. The lowest BCUT2D eigenvalue weighted by Gasteiger charge is -2.35. The van der Waals surface area contributed by atoms with E-state index in [1.807, 2.05) is 0 Å². The smallest absolute Gasteiger partial charge is 0.227 e. The van der Waals surface area contributed by atoms with Crippen molar-refractivity contribution in [2.45, 2.75) is 31.8 Å². The van der Waals surface area contributed by atoms with Crippen LogP contribution in [0.1, 0.15) is 25.3 Å². The molecular formula is C14H17F2NO2. The largest absolute Gasteiger partial charge is 0.390 e. The summed E-state index contributed by atoms with van der Waals surface area (Å²) >= 11 is 0. The number of amides is 1. The molecule has 1 aliphatic heterocycles. The van der Waals surface area contributed by atoms with Gasteiger partial charge < -0.3 is 10.0 Å². The summed E-state index contributed by atoms with van der Waals surface area (Å²) < 4.78 is 26.5. The Morgan fingerprint density at radius 2 is 2.00 bits per heavy atom. The number of likely N-dealkylation sites (tertiary alicyclic amines) is 1. The van der Waals surface area contributed by atoms with Crippen LogP contribution < -0.4 is 0 Å². The van der Waals surface area contributed by atoms with Gasteiger partial charge in [0.2, 0.25) is 5.91 Å². The molecule has 0 radical (unpaired) electrons. The molecule has 0 aromatic heterocycles. The highest BCUT2D eigenvalue weighted by Crippen LogP contribution is 2.22. The maximum atomic E-state index is 13.5. The highest BCUT2D eigenvalue weighted by atomic mass is 19.2. The summed E-state index contributed by atoms with van der Waals surface area (Å²) in [6.07, 6.45) is 0.862. The van der Waals surface area contributed by atoms with Gasteiger partial charge >= 0.3 is 0 Å². The van der Waals surface area contributed by atoms with Gasteiger partial charge in [-0.05, 0) is 25.8 Å². The van der Waals surface area contributed by atoms with Crippen molar-refractivity contribution in [1.82, 2.24) is 4.90 Å². The number of hydrogen-bond donors (Lipinski definition) is 1. The third-order valence-corrected chi connectivity index (χ3v) is 3.57. The van der Waals surface area contributed by atoms with Crippen molar-refractivity contribution in [3.8, 4) is 0 Å². The Labute approximate surface area is 110 Å². The van der Waals surface area contributed by atoms with Crippen LogP contribution in [0, 0.1) is 11.6 Å². The minimum Gasteiger partial charge on any atom is -0.390 e. The van der Waals surface area contributed by atoms with E-state index in [9.17, 15) is 18.7 Å². The normalized spacial score (nSPS) is 18.4. The lowest BCUT2D eigenvalue weighted by molar-refractivity contribution is -0.134. The maximum absolute atomic E-state index is 13.5. The van der Waals surface area contributed by atoms with Crippen LogP contribution in [0.4, 0.5) is 8.78 Å². The van der Waals surface area contributed by atoms with Gasteiger partial charge in [-0.15, -0.1) is 0 Å². The van der Waals surface area contributed by atoms with E-state index in [4.69, 9.17) is 0 Å². The van der Waals surface area contributed by atoms with Crippen LogP contribution in [0.2, 0.25) is 0 Å². The van der Waals surface area contributed by atoms with Crippen LogP contribution in [0.5, 0.6) is 0 Å². The standard InChI is InChI=1S/C14H17F2NO2/c1-14(19)5-7-17(8-6-14)12(18)9-10-3-2-4-11(15)13(10)16/h2-4,19H,5-9H2,1H3. The van der Waals surface area contributed by atoms with Crippen LogP contribution in [0.25, 0.3) is 0 Å². The Balaban J connectivity index is 2.00. The number of carbonyl (C=O) groups excluding carboxylic acids is 1. The van der Waals surface area contributed by atoms with Crippen molar-refractivity contribution < 1.29 is 18.7 Å². The zero-order chi connectivity index (χ0) is 14.0. The molecule has 0 atom stereocenters. The molecule has 0 unspecified atom stereocenters. The maximum Gasteiger partial charge on any atom is 0.227 e. The lowest BCUT2D eigenvalue weighted by Crippen LogP contribution is -2.45. The number of halogens is 2. The third-order valence-electron chi connectivity index (χ3n) is 3.57. The van der Waals surface area contributed by atoms with Crippen molar-refractivity contribution in [3.05, 3.63) is 35.4 Å². The molecule has 0 saturated carbocycles. The van der Waals surface area contributed by atoms with Crippen LogP contribution in [0.3, 0.4) is 0 Å². The highest BCUT2D eigenvalue weighted by molar-refractivity contribution is 5.79. The number of hydrogen-bond acceptors (Lipinski definition) is 2. The summed E-state index contributed by atoms with van der Waals surface area (Å²) in [5, 5.41) is 9.80. The minimum atomic E-state index is -0.958. The molecule has 1 amide bonds. The lowest BCUT2D eigenvalue weighted by atomic mass is 9.93. The SMILES string of the molecule is CC1(O)CCN(C(=O)Cc2cccc(F)c2F)CC1. The Hall–Kier alpha value is -1.49. The van der Waals surface area contributed by atoms with Gasteiger partial charge in [-0.2, -0.15) is 0 Å². The van der Waals surface area contributed by atoms with E-state index in [0.29, 0.717) is 25.9 Å². The van der Waals surface area contributed by atoms with Crippen LogP contribution in [-0.2, 0) is 11.2 Å². The van der Waals surface area contributed by atoms with Crippen LogP contribution >= 0.6 is 0 Å². The van der Waals surface area contributed by atoms with Crippen molar-refractivity contribution in [1.29, 1.82) is 0 Å². The van der Waals surface area contributed by atoms with E-state index >= 15 is 0 Å². The van der Waals surface area contributed by atoms with Gasteiger partial charge in [0.05, 0.1) is 12.0 Å². The van der Waals surface area contributed by atoms with Crippen molar-refractivity contribution >= 4 is 5.91 Å². The minimum absolute atomic E-state index is 0.0716. The Morgan fingerprint density at radius 1 is 1.37 bits per heavy atom. The van der Waals surface area contributed by atoms with Gasteiger partial charge in [-0.25, -0.2) is 8.78 Å². The summed E-state index contributed by atoms with van der Waals surface area (Å²) in [6, 6.07) is 3.83. The average Bonchev–Trinajstić information content (AvgIpc) is 2.35. The molecular weight excluding hydrogens is 252 g/mol. The summed E-state index contributed by atoms with van der Waals surface area (Å²) in [5.74, 6) is -2.13. The molecule has 1 N–H and O–H groups in total. The van der Waals surface area contributed by atoms with Gasteiger partial charge in [0.15, 0.2) is 11.6 Å². The predicted molar refractivity (Wildman–Crippen MR) is 66.5 cm³/mol. The molecule has 0 aliphatic carbocycles. The zero-order valence-corrected chi connectivity index (χ0v) is 10.8. The fourth-order valence-corrected chi connectivity index (χ4v) is 2.20. The third kappa shape index (κ3) is 3.29. The zero-order valence-electron chi connectivity index (χ0n) is 10.8. The van der Waals surface area contributed by atoms with Crippen LogP contribution in [0.15, 0.2) is 18.2 Å². The number of nitrogens with zero attached hydrogens (tertiary/aromatic N) is 1. The second-order valence-electron chi connectivity index (χ2n) is 5.27.